The van der Waals surface area contributed by atoms with Crippen molar-refractivity contribution in [2.75, 3.05) is 33.3 Å². The molecule has 0 radical (unpaired) electrons. The minimum atomic E-state index is -2.01. The molecule has 8 heteroatoms. The molecule has 0 bridgehead atoms. The van der Waals surface area contributed by atoms with Gasteiger partial charge < -0.3 is 25.1 Å². The topological polar surface area (TPSA) is 108 Å². The molecule has 0 saturated heterocycles. The van der Waals surface area contributed by atoms with Crippen molar-refractivity contribution in [3.8, 4) is 17.2 Å². The lowest BCUT2D eigenvalue weighted by Crippen LogP contribution is -2.55. The molecule has 0 saturated carbocycles. The van der Waals surface area contributed by atoms with Gasteiger partial charge in [0.05, 0.1) is 21.3 Å². The molecule has 0 amide bonds. The summed E-state index contributed by atoms with van der Waals surface area (Å²) in [5, 5.41) is 9.40. The normalized spacial score (nSPS) is 13.1. The molecule has 1 aromatic carbocycles. The molecule has 0 fully saturated rings. The Morgan fingerprint density at radius 2 is 1.70 bits per heavy atom. The summed E-state index contributed by atoms with van der Waals surface area (Å²) in [7, 11) is 4.25. The monoisotopic (exact) mass is 343 g/mol. The number of hydrogen-bond acceptors (Lipinski definition) is 7. The van der Waals surface area contributed by atoms with Gasteiger partial charge in [-0.3, -0.25) is 4.79 Å². The van der Waals surface area contributed by atoms with Crippen LogP contribution in [-0.2, 0) is 4.79 Å². The van der Waals surface area contributed by atoms with Crippen LogP contribution < -0.4 is 19.9 Å². The second-order valence-corrected chi connectivity index (χ2v) is 5.75. The van der Waals surface area contributed by atoms with Gasteiger partial charge in [0.1, 0.15) is 0 Å². The molecule has 1 rings (SSSR count). The number of methoxy groups -OCH3 is 3. The van der Waals surface area contributed by atoms with Crippen molar-refractivity contribution in [2.24, 2.45) is 5.73 Å². The minimum Gasteiger partial charge on any atom is -0.493 e. The maximum atomic E-state index is 12.7. The predicted octanol–water partition coefficient (Wildman–Crippen LogP) is 1.43. The van der Waals surface area contributed by atoms with Gasteiger partial charge in [0.15, 0.2) is 22.8 Å². The molecule has 128 valence electrons. The van der Waals surface area contributed by atoms with Crippen LogP contribution in [0.4, 0.5) is 0 Å². The zero-order chi connectivity index (χ0) is 17.6. The number of carbonyl (C=O) groups excluding carboxylic acids is 1. The van der Waals surface area contributed by atoms with Gasteiger partial charge in [-0.25, -0.2) is 4.79 Å². The van der Waals surface area contributed by atoms with Crippen molar-refractivity contribution in [1.29, 1.82) is 0 Å². The molecule has 1 atom stereocenters. The highest BCUT2D eigenvalue weighted by Crippen LogP contribution is 2.39. The van der Waals surface area contributed by atoms with Crippen LogP contribution in [0.2, 0.25) is 0 Å². The van der Waals surface area contributed by atoms with Gasteiger partial charge >= 0.3 is 5.97 Å². The zero-order valence-corrected chi connectivity index (χ0v) is 14.4. The largest absolute Gasteiger partial charge is 0.493 e. The first-order valence-electron chi connectivity index (χ1n) is 6.71. The van der Waals surface area contributed by atoms with E-state index in [0.29, 0.717) is 11.5 Å². The highest BCUT2D eigenvalue weighted by atomic mass is 32.2. The summed E-state index contributed by atoms with van der Waals surface area (Å²) in [5.41, 5.74) is 3.96. The molecule has 23 heavy (non-hydrogen) atoms. The van der Waals surface area contributed by atoms with Crippen LogP contribution in [0.1, 0.15) is 16.8 Å². The standard InChI is InChI=1S/C15H21NO6S/c1-20-10-7-9(8-11(21-2)12(10)22-3)13(17)15(16,14(18)19)5-6-23-4/h7-8H,5-6,16H2,1-4H3,(H,18,19). The van der Waals surface area contributed by atoms with Crippen LogP contribution in [0.25, 0.3) is 0 Å². The Bertz CT molecular complexity index is 566. The maximum Gasteiger partial charge on any atom is 0.331 e. The molecule has 0 heterocycles. The highest BCUT2D eigenvalue weighted by Gasteiger charge is 2.42. The van der Waals surface area contributed by atoms with E-state index in [1.807, 2.05) is 6.26 Å². The number of Topliss-reactive ketones (excluding diaryl/α,β-unsaturated/α-hetero) is 1. The Morgan fingerprint density at radius 3 is 2.04 bits per heavy atom. The molecule has 0 aliphatic rings. The lowest BCUT2D eigenvalue weighted by atomic mass is 9.87. The Labute approximate surface area is 139 Å². The summed E-state index contributed by atoms with van der Waals surface area (Å²) < 4.78 is 15.5. The number of carboxylic acids is 1. The Morgan fingerprint density at radius 1 is 1.17 bits per heavy atom. The summed E-state index contributed by atoms with van der Waals surface area (Å²) >= 11 is 1.41. The minimum absolute atomic E-state index is 0.0129. The molecule has 1 unspecified atom stereocenters. The van der Waals surface area contributed by atoms with E-state index in [-0.39, 0.29) is 23.5 Å². The summed E-state index contributed by atoms with van der Waals surface area (Å²) in [6, 6.07) is 2.79. The van der Waals surface area contributed by atoms with E-state index in [1.165, 1.54) is 45.2 Å². The van der Waals surface area contributed by atoms with Gasteiger partial charge in [0.2, 0.25) is 5.75 Å². The van der Waals surface area contributed by atoms with Gasteiger partial charge in [0, 0.05) is 5.56 Å². The molecule has 0 aliphatic heterocycles. The predicted molar refractivity (Wildman–Crippen MR) is 88.0 cm³/mol. The lowest BCUT2D eigenvalue weighted by molar-refractivity contribution is -0.141. The lowest BCUT2D eigenvalue weighted by Gasteiger charge is -2.23. The van der Waals surface area contributed by atoms with E-state index in [2.05, 4.69) is 0 Å². The number of carbonyl (C=O) groups is 2. The first kappa shape index (κ1) is 19.1. The number of ketones is 1. The third-order valence-corrected chi connectivity index (χ3v) is 4.03. The molecular formula is C15H21NO6S. The number of rotatable bonds is 9. The van der Waals surface area contributed by atoms with E-state index in [4.69, 9.17) is 19.9 Å². The van der Waals surface area contributed by atoms with Crippen LogP contribution in [0, 0.1) is 0 Å². The Kier molecular flexibility index (Phi) is 6.71. The number of aliphatic carboxylic acids is 1. The first-order chi connectivity index (χ1) is 10.8. The van der Waals surface area contributed by atoms with E-state index < -0.39 is 17.3 Å². The van der Waals surface area contributed by atoms with Crippen molar-refractivity contribution in [3.05, 3.63) is 17.7 Å². The van der Waals surface area contributed by atoms with Gasteiger partial charge in [0.25, 0.3) is 0 Å². The van der Waals surface area contributed by atoms with Crippen LogP contribution in [-0.4, -0.2) is 55.7 Å². The number of carboxylic acid groups (broad SMARTS) is 1. The zero-order valence-electron chi connectivity index (χ0n) is 13.5. The molecule has 3 N–H and O–H groups in total. The van der Waals surface area contributed by atoms with Gasteiger partial charge in [-0.2, -0.15) is 11.8 Å². The SMILES string of the molecule is COc1cc(C(=O)C(N)(CCSC)C(=O)O)cc(OC)c1OC. The van der Waals surface area contributed by atoms with E-state index >= 15 is 0 Å². The second-order valence-electron chi connectivity index (χ2n) is 4.76. The Balaban J connectivity index is 3.37. The van der Waals surface area contributed by atoms with E-state index in [9.17, 15) is 14.7 Å². The Hall–Kier alpha value is -1.93. The van der Waals surface area contributed by atoms with Gasteiger partial charge in [-0.15, -0.1) is 0 Å². The summed E-state index contributed by atoms with van der Waals surface area (Å²) in [6.07, 6.45) is 1.82. The number of ether oxygens (including phenoxy) is 3. The maximum absolute atomic E-state index is 12.7. The molecule has 0 aliphatic carbocycles. The average molecular weight is 343 g/mol. The van der Waals surface area contributed by atoms with Crippen LogP contribution >= 0.6 is 11.8 Å². The fourth-order valence-corrected chi connectivity index (χ4v) is 2.58. The van der Waals surface area contributed by atoms with Gasteiger partial charge in [-0.05, 0) is 30.6 Å². The third kappa shape index (κ3) is 3.89. The smallest absolute Gasteiger partial charge is 0.331 e. The van der Waals surface area contributed by atoms with Crippen molar-refractivity contribution < 1.29 is 28.9 Å². The van der Waals surface area contributed by atoms with E-state index in [0.717, 1.165) is 0 Å². The molecule has 0 spiro atoms. The summed E-state index contributed by atoms with van der Waals surface area (Å²) in [4.78, 5) is 24.2. The molecule has 0 aromatic heterocycles. The number of thioether (sulfide) groups is 1. The number of benzene rings is 1. The molecular weight excluding hydrogens is 322 g/mol. The number of hydrogen-bond donors (Lipinski definition) is 2. The summed E-state index contributed by atoms with van der Waals surface area (Å²) in [6.45, 7) is 0. The molecule has 1 aromatic rings. The molecule has 7 nitrogen and oxygen atoms in total. The van der Waals surface area contributed by atoms with E-state index in [1.54, 1.807) is 0 Å². The highest BCUT2D eigenvalue weighted by molar-refractivity contribution is 7.98. The third-order valence-electron chi connectivity index (χ3n) is 3.41. The van der Waals surface area contributed by atoms with Crippen LogP contribution in [0.15, 0.2) is 12.1 Å². The number of nitrogens with two attached hydrogens (primary N) is 1. The van der Waals surface area contributed by atoms with Gasteiger partial charge in [-0.1, -0.05) is 0 Å². The fourth-order valence-electron chi connectivity index (χ4n) is 2.05. The van der Waals surface area contributed by atoms with Crippen LogP contribution in [0.5, 0.6) is 17.2 Å². The summed E-state index contributed by atoms with van der Waals surface area (Å²) in [5.74, 6) is -0.809. The van der Waals surface area contributed by atoms with Crippen molar-refractivity contribution >= 4 is 23.5 Å². The average Bonchev–Trinajstić information content (AvgIpc) is 2.57. The van der Waals surface area contributed by atoms with Crippen molar-refractivity contribution in [1.82, 2.24) is 0 Å². The first-order valence-corrected chi connectivity index (χ1v) is 8.11. The van der Waals surface area contributed by atoms with Crippen LogP contribution in [0.3, 0.4) is 0 Å². The second kappa shape index (κ2) is 8.07. The quantitative estimate of drug-likeness (QED) is 0.512. The van der Waals surface area contributed by atoms with Crippen molar-refractivity contribution in [3.63, 3.8) is 0 Å². The van der Waals surface area contributed by atoms with Crippen molar-refractivity contribution in [2.45, 2.75) is 12.0 Å². The fraction of sp³-hybridized carbons (Fsp3) is 0.467.